The minimum atomic E-state index is -1.06. The quantitative estimate of drug-likeness (QED) is 0.802. The van der Waals surface area contributed by atoms with Crippen LogP contribution in [-0.2, 0) is 0 Å². The zero-order chi connectivity index (χ0) is 13.7. The number of carboxylic acid groups (broad SMARTS) is 1. The molecule has 1 aromatic heterocycles. The van der Waals surface area contributed by atoms with Gasteiger partial charge in [0, 0.05) is 18.3 Å². The molecule has 0 amide bonds. The standard InChI is InChI=1S/C14H13N3O2/c1-2-8-15-13-11(14(18)19)9-16-12(17-13)10-6-4-3-5-7-10/h2-7,9H,1,8H2,(H,18,19)(H,15,16,17). The maximum Gasteiger partial charge on any atom is 0.341 e. The van der Waals surface area contributed by atoms with Crippen LogP contribution < -0.4 is 5.32 Å². The molecule has 0 fully saturated rings. The normalized spacial score (nSPS) is 9.89. The number of carboxylic acids is 1. The molecule has 0 unspecified atom stereocenters. The van der Waals surface area contributed by atoms with Crippen molar-refractivity contribution in [1.29, 1.82) is 0 Å². The predicted molar refractivity (Wildman–Crippen MR) is 73.1 cm³/mol. The van der Waals surface area contributed by atoms with Crippen molar-refractivity contribution in [3.63, 3.8) is 0 Å². The van der Waals surface area contributed by atoms with E-state index in [9.17, 15) is 4.79 Å². The van der Waals surface area contributed by atoms with E-state index in [2.05, 4.69) is 21.9 Å². The van der Waals surface area contributed by atoms with E-state index in [1.165, 1.54) is 6.20 Å². The Kier molecular flexibility index (Phi) is 3.87. The Bertz CT molecular complexity index is 597. The first kappa shape index (κ1) is 12.8. The third-order valence-corrected chi connectivity index (χ3v) is 2.47. The number of nitrogens with one attached hydrogen (secondary N) is 1. The van der Waals surface area contributed by atoms with Crippen molar-refractivity contribution in [1.82, 2.24) is 9.97 Å². The molecule has 2 rings (SSSR count). The predicted octanol–water partition coefficient (Wildman–Crippen LogP) is 2.44. The molecule has 96 valence electrons. The smallest absolute Gasteiger partial charge is 0.341 e. The first-order valence-electron chi connectivity index (χ1n) is 5.73. The largest absolute Gasteiger partial charge is 0.477 e. The third-order valence-electron chi connectivity index (χ3n) is 2.47. The van der Waals surface area contributed by atoms with Crippen molar-refractivity contribution in [2.75, 3.05) is 11.9 Å². The van der Waals surface area contributed by atoms with Crippen LogP contribution in [0.25, 0.3) is 11.4 Å². The lowest BCUT2D eigenvalue weighted by molar-refractivity contribution is 0.0697. The topological polar surface area (TPSA) is 75.1 Å². The maximum absolute atomic E-state index is 11.1. The SMILES string of the molecule is C=CCNc1nc(-c2ccccc2)ncc1C(=O)O. The highest BCUT2D eigenvalue weighted by molar-refractivity contribution is 5.93. The lowest BCUT2D eigenvalue weighted by atomic mass is 10.2. The third kappa shape index (κ3) is 2.95. The summed E-state index contributed by atoms with van der Waals surface area (Å²) in [5.74, 6) is -0.287. The maximum atomic E-state index is 11.1. The van der Waals surface area contributed by atoms with Gasteiger partial charge in [0.15, 0.2) is 5.82 Å². The summed E-state index contributed by atoms with van der Waals surface area (Å²) < 4.78 is 0. The molecule has 1 aromatic carbocycles. The van der Waals surface area contributed by atoms with Gasteiger partial charge in [0.25, 0.3) is 0 Å². The second-order valence-electron chi connectivity index (χ2n) is 3.80. The summed E-state index contributed by atoms with van der Waals surface area (Å²) in [4.78, 5) is 19.4. The molecule has 0 saturated heterocycles. The highest BCUT2D eigenvalue weighted by Crippen LogP contribution is 2.19. The van der Waals surface area contributed by atoms with Gasteiger partial charge in [0.05, 0.1) is 0 Å². The minimum Gasteiger partial charge on any atom is -0.477 e. The van der Waals surface area contributed by atoms with Gasteiger partial charge in [-0.2, -0.15) is 0 Å². The van der Waals surface area contributed by atoms with Crippen LogP contribution in [0.1, 0.15) is 10.4 Å². The number of hydrogen-bond acceptors (Lipinski definition) is 4. The second kappa shape index (κ2) is 5.77. The monoisotopic (exact) mass is 255 g/mol. The Morgan fingerprint density at radius 2 is 2.11 bits per heavy atom. The van der Waals surface area contributed by atoms with Gasteiger partial charge >= 0.3 is 5.97 Å². The molecule has 0 atom stereocenters. The number of aromatic carboxylic acids is 1. The summed E-state index contributed by atoms with van der Waals surface area (Å²) in [6.45, 7) is 4.01. The van der Waals surface area contributed by atoms with E-state index >= 15 is 0 Å². The molecule has 5 heteroatoms. The Morgan fingerprint density at radius 1 is 1.37 bits per heavy atom. The van der Waals surface area contributed by atoms with E-state index in [4.69, 9.17) is 5.11 Å². The Hall–Kier alpha value is -2.69. The fraction of sp³-hybridized carbons (Fsp3) is 0.0714. The Morgan fingerprint density at radius 3 is 2.74 bits per heavy atom. The average Bonchev–Trinajstić information content (AvgIpc) is 2.45. The van der Waals surface area contributed by atoms with Crippen LogP contribution in [0.5, 0.6) is 0 Å². The lowest BCUT2D eigenvalue weighted by Crippen LogP contribution is -2.10. The van der Waals surface area contributed by atoms with Crippen molar-refractivity contribution >= 4 is 11.8 Å². The summed E-state index contributed by atoms with van der Waals surface area (Å²) >= 11 is 0. The zero-order valence-corrected chi connectivity index (χ0v) is 10.2. The van der Waals surface area contributed by atoms with Gasteiger partial charge in [-0.15, -0.1) is 6.58 Å². The molecule has 2 aromatic rings. The highest BCUT2D eigenvalue weighted by atomic mass is 16.4. The second-order valence-corrected chi connectivity index (χ2v) is 3.80. The summed E-state index contributed by atoms with van der Waals surface area (Å²) in [6.07, 6.45) is 2.94. The van der Waals surface area contributed by atoms with Gasteiger partial charge in [-0.3, -0.25) is 0 Å². The molecule has 1 heterocycles. The number of benzene rings is 1. The molecule has 0 bridgehead atoms. The fourth-order valence-corrected chi connectivity index (χ4v) is 1.57. The molecule has 0 aliphatic rings. The van der Waals surface area contributed by atoms with Gasteiger partial charge in [-0.25, -0.2) is 14.8 Å². The van der Waals surface area contributed by atoms with Crippen LogP contribution in [0.3, 0.4) is 0 Å². The van der Waals surface area contributed by atoms with Gasteiger partial charge in [0.2, 0.25) is 0 Å². The molecule has 0 saturated carbocycles. The van der Waals surface area contributed by atoms with E-state index in [1.54, 1.807) is 6.08 Å². The number of rotatable bonds is 5. The molecule has 0 radical (unpaired) electrons. The molecule has 5 nitrogen and oxygen atoms in total. The van der Waals surface area contributed by atoms with Crippen molar-refractivity contribution in [2.24, 2.45) is 0 Å². The fourth-order valence-electron chi connectivity index (χ4n) is 1.57. The Balaban J connectivity index is 2.43. The van der Waals surface area contributed by atoms with Gasteiger partial charge in [-0.05, 0) is 0 Å². The van der Waals surface area contributed by atoms with Crippen molar-refractivity contribution in [3.05, 3.63) is 54.7 Å². The summed E-state index contributed by atoms with van der Waals surface area (Å²) in [5.41, 5.74) is 0.877. The van der Waals surface area contributed by atoms with Crippen LogP contribution in [0, 0.1) is 0 Å². The molecule has 2 N–H and O–H groups in total. The number of hydrogen-bond donors (Lipinski definition) is 2. The van der Waals surface area contributed by atoms with Gasteiger partial charge in [-0.1, -0.05) is 36.4 Å². The van der Waals surface area contributed by atoms with E-state index in [0.29, 0.717) is 18.2 Å². The van der Waals surface area contributed by atoms with E-state index < -0.39 is 5.97 Å². The average molecular weight is 255 g/mol. The Labute approximate surface area is 110 Å². The van der Waals surface area contributed by atoms with Crippen LogP contribution in [0.4, 0.5) is 5.82 Å². The summed E-state index contributed by atoms with van der Waals surface area (Å²) in [6, 6.07) is 9.38. The van der Waals surface area contributed by atoms with Gasteiger partial charge in [0.1, 0.15) is 11.4 Å². The van der Waals surface area contributed by atoms with Crippen LogP contribution >= 0.6 is 0 Å². The summed E-state index contributed by atoms with van der Waals surface area (Å²) in [7, 11) is 0. The molecule has 0 aliphatic carbocycles. The van der Waals surface area contributed by atoms with E-state index in [0.717, 1.165) is 5.56 Å². The molecular weight excluding hydrogens is 242 g/mol. The number of carbonyl (C=O) groups is 1. The molecule has 19 heavy (non-hydrogen) atoms. The lowest BCUT2D eigenvalue weighted by Gasteiger charge is -2.08. The van der Waals surface area contributed by atoms with Crippen molar-refractivity contribution in [2.45, 2.75) is 0 Å². The van der Waals surface area contributed by atoms with Crippen LogP contribution in [-0.4, -0.2) is 27.6 Å². The molecule has 0 spiro atoms. The minimum absolute atomic E-state index is 0.0431. The zero-order valence-electron chi connectivity index (χ0n) is 10.2. The molecule has 0 aliphatic heterocycles. The molecular formula is C14H13N3O2. The number of anilines is 1. The first-order chi connectivity index (χ1) is 9.22. The van der Waals surface area contributed by atoms with Gasteiger partial charge < -0.3 is 10.4 Å². The van der Waals surface area contributed by atoms with E-state index in [-0.39, 0.29) is 5.56 Å². The van der Waals surface area contributed by atoms with E-state index in [1.807, 2.05) is 30.3 Å². The summed E-state index contributed by atoms with van der Waals surface area (Å²) in [5, 5.41) is 12.0. The number of aromatic nitrogens is 2. The van der Waals surface area contributed by atoms with Crippen LogP contribution in [0.15, 0.2) is 49.2 Å². The number of nitrogens with zero attached hydrogens (tertiary/aromatic N) is 2. The highest BCUT2D eigenvalue weighted by Gasteiger charge is 2.13. The first-order valence-corrected chi connectivity index (χ1v) is 5.73. The van der Waals surface area contributed by atoms with Crippen molar-refractivity contribution in [3.8, 4) is 11.4 Å². The van der Waals surface area contributed by atoms with Crippen molar-refractivity contribution < 1.29 is 9.90 Å². The van der Waals surface area contributed by atoms with Crippen LogP contribution in [0.2, 0.25) is 0 Å².